The molecule has 106 valence electrons. The molecule has 2 heterocycles. The van der Waals surface area contributed by atoms with Crippen molar-refractivity contribution >= 4 is 17.3 Å². The minimum Gasteiger partial charge on any atom is -0.378 e. The topological polar surface area (TPSA) is 60.2 Å². The predicted molar refractivity (Wildman–Crippen MR) is 75.8 cm³/mol. The van der Waals surface area contributed by atoms with E-state index in [0.717, 1.165) is 31.6 Å². The van der Waals surface area contributed by atoms with Crippen LogP contribution >= 0.6 is 11.6 Å². The highest BCUT2D eigenvalue weighted by Crippen LogP contribution is 2.17. The number of benzene rings is 1. The molecule has 1 N–H and O–H groups in total. The molecule has 0 radical (unpaired) electrons. The molecule has 1 atom stereocenters. The molecule has 5 nitrogen and oxygen atoms in total. The molecule has 0 amide bonds. The fourth-order valence-electron chi connectivity index (χ4n) is 2.23. The van der Waals surface area contributed by atoms with Crippen LogP contribution in [0.15, 0.2) is 28.8 Å². The number of nitrogens with one attached hydrogen (secondary N) is 1. The number of anilines is 1. The minimum absolute atomic E-state index is 0.237. The van der Waals surface area contributed by atoms with Gasteiger partial charge in [0.25, 0.3) is 0 Å². The van der Waals surface area contributed by atoms with Crippen LogP contribution in [0.3, 0.4) is 0 Å². The maximum atomic E-state index is 5.92. The van der Waals surface area contributed by atoms with Gasteiger partial charge in [0.05, 0.1) is 12.6 Å². The van der Waals surface area contributed by atoms with Gasteiger partial charge in [-0.1, -0.05) is 22.8 Å². The Kier molecular flexibility index (Phi) is 4.18. The molecule has 0 bridgehead atoms. The first-order chi connectivity index (χ1) is 9.79. The lowest BCUT2D eigenvalue weighted by molar-refractivity contribution is 0.109. The normalized spacial score (nSPS) is 18.4. The van der Waals surface area contributed by atoms with E-state index >= 15 is 0 Å². The molecule has 2 aromatic rings. The summed E-state index contributed by atoms with van der Waals surface area (Å²) in [7, 11) is 0. The van der Waals surface area contributed by atoms with Crippen molar-refractivity contribution in [3.05, 3.63) is 41.0 Å². The number of rotatable bonds is 5. The van der Waals surface area contributed by atoms with Crippen molar-refractivity contribution in [2.24, 2.45) is 0 Å². The van der Waals surface area contributed by atoms with Gasteiger partial charge in [0.15, 0.2) is 5.82 Å². The highest BCUT2D eigenvalue weighted by molar-refractivity contribution is 6.30. The third-order valence-electron chi connectivity index (χ3n) is 3.21. The van der Waals surface area contributed by atoms with Crippen LogP contribution in [0.2, 0.25) is 5.02 Å². The van der Waals surface area contributed by atoms with E-state index in [0.29, 0.717) is 23.3 Å². The van der Waals surface area contributed by atoms with Gasteiger partial charge in [0.2, 0.25) is 5.89 Å². The lowest BCUT2D eigenvalue weighted by atomic mass is 10.2. The number of nitrogens with zero attached hydrogens (tertiary/aromatic N) is 2. The number of hydrogen-bond acceptors (Lipinski definition) is 5. The van der Waals surface area contributed by atoms with Crippen molar-refractivity contribution in [3.63, 3.8) is 0 Å². The summed E-state index contributed by atoms with van der Waals surface area (Å²) in [5, 5.41) is 7.87. The number of aromatic nitrogens is 2. The highest BCUT2D eigenvalue weighted by atomic mass is 35.5. The van der Waals surface area contributed by atoms with Gasteiger partial charge in [-0.2, -0.15) is 4.98 Å². The Bertz CT molecular complexity index is 567. The average Bonchev–Trinajstić information content (AvgIpc) is 3.09. The van der Waals surface area contributed by atoms with E-state index in [2.05, 4.69) is 15.5 Å². The molecule has 1 unspecified atom stereocenters. The SMILES string of the molecule is Clc1cccc(NCc2nc(CC3CCCO3)no2)c1. The van der Waals surface area contributed by atoms with E-state index in [4.69, 9.17) is 20.9 Å². The fraction of sp³-hybridized carbons (Fsp3) is 0.429. The Morgan fingerprint density at radius 1 is 1.40 bits per heavy atom. The molecule has 0 saturated carbocycles. The summed E-state index contributed by atoms with van der Waals surface area (Å²) in [5.41, 5.74) is 0.927. The van der Waals surface area contributed by atoms with E-state index in [1.165, 1.54) is 0 Å². The molecule has 3 rings (SSSR count). The molecular formula is C14H16ClN3O2. The minimum atomic E-state index is 0.237. The van der Waals surface area contributed by atoms with Crippen LogP contribution < -0.4 is 5.32 Å². The largest absolute Gasteiger partial charge is 0.378 e. The Labute approximate surface area is 122 Å². The molecule has 1 aromatic carbocycles. The molecule has 1 saturated heterocycles. The van der Waals surface area contributed by atoms with Crippen LogP contribution in [-0.2, 0) is 17.7 Å². The average molecular weight is 294 g/mol. The summed E-state index contributed by atoms with van der Waals surface area (Å²) in [6.45, 7) is 1.32. The first kappa shape index (κ1) is 13.4. The molecule has 20 heavy (non-hydrogen) atoms. The van der Waals surface area contributed by atoms with E-state index < -0.39 is 0 Å². The quantitative estimate of drug-likeness (QED) is 0.918. The van der Waals surface area contributed by atoms with Crippen LogP contribution in [-0.4, -0.2) is 22.9 Å². The summed E-state index contributed by atoms with van der Waals surface area (Å²) in [6, 6.07) is 7.52. The fourth-order valence-corrected chi connectivity index (χ4v) is 2.42. The predicted octanol–water partition coefficient (Wildman–Crippen LogP) is 3.06. The van der Waals surface area contributed by atoms with Gasteiger partial charge < -0.3 is 14.6 Å². The second kappa shape index (κ2) is 6.24. The third-order valence-corrected chi connectivity index (χ3v) is 3.45. The van der Waals surface area contributed by atoms with E-state index in [1.807, 2.05) is 24.3 Å². The second-order valence-electron chi connectivity index (χ2n) is 4.81. The van der Waals surface area contributed by atoms with Crippen LogP contribution in [0.25, 0.3) is 0 Å². The van der Waals surface area contributed by atoms with Crippen molar-refractivity contribution in [1.82, 2.24) is 10.1 Å². The van der Waals surface area contributed by atoms with Crippen molar-refractivity contribution in [2.75, 3.05) is 11.9 Å². The van der Waals surface area contributed by atoms with Crippen LogP contribution in [0.1, 0.15) is 24.6 Å². The Morgan fingerprint density at radius 2 is 2.35 bits per heavy atom. The Balaban J connectivity index is 1.54. The smallest absolute Gasteiger partial charge is 0.245 e. The molecule has 1 fully saturated rings. The molecule has 1 aliphatic rings. The molecule has 1 aliphatic heterocycles. The van der Waals surface area contributed by atoms with Crippen molar-refractivity contribution < 1.29 is 9.26 Å². The summed E-state index contributed by atoms with van der Waals surface area (Å²) < 4.78 is 10.8. The van der Waals surface area contributed by atoms with Crippen LogP contribution in [0.4, 0.5) is 5.69 Å². The van der Waals surface area contributed by atoms with Gasteiger partial charge in [-0.25, -0.2) is 0 Å². The summed E-state index contributed by atoms with van der Waals surface area (Å²) in [4.78, 5) is 4.36. The van der Waals surface area contributed by atoms with Crippen molar-refractivity contribution in [1.29, 1.82) is 0 Å². The molecule has 1 aromatic heterocycles. The van der Waals surface area contributed by atoms with Crippen molar-refractivity contribution in [3.8, 4) is 0 Å². The van der Waals surface area contributed by atoms with Gasteiger partial charge in [0.1, 0.15) is 0 Å². The zero-order valence-electron chi connectivity index (χ0n) is 11.0. The first-order valence-electron chi connectivity index (χ1n) is 6.72. The Morgan fingerprint density at radius 3 is 3.15 bits per heavy atom. The number of hydrogen-bond donors (Lipinski definition) is 1. The van der Waals surface area contributed by atoms with Crippen LogP contribution in [0, 0.1) is 0 Å². The van der Waals surface area contributed by atoms with Gasteiger partial charge in [0, 0.05) is 23.7 Å². The third kappa shape index (κ3) is 3.49. The second-order valence-corrected chi connectivity index (χ2v) is 5.24. The molecule has 0 aliphatic carbocycles. The van der Waals surface area contributed by atoms with E-state index in [-0.39, 0.29) is 6.10 Å². The lowest BCUT2D eigenvalue weighted by Gasteiger charge is -2.04. The van der Waals surface area contributed by atoms with Gasteiger partial charge in [-0.15, -0.1) is 0 Å². The molecular weight excluding hydrogens is 278 g/mol. The number of halogens is 1. The summed E-state index contributed by atoms with van der Waals surface area (Å²) in [6.07, 6.45) is 3.15. The maximum absolute atomic E-state index is 5.92. The lowest BCUT2D eigenvalue weighted by Crippen LogP contribution is -2.10. The maximum Gasteiger partial charge on any atom is 0.245 e. The van der Waals surface area contributed by atoms with Gasteiger partial charge >= 0.3 is 0 Å². The van der Waals surface area contributed by atoms with Crippen molar-refractivity contribution in [2.45, 2.75) is 31.9 Å². The number of ether oxygens (including phenoxy) is 1. The summed E-state index contributed by atoms with van der Waals surface area (Å²) in [5.74, 6) is 1.28. The highest BCUT2D eigenvalue weighted by Gasteiger charge is 2.18. The Hall–Kier alpha value is -1.59. The molecule has 0 spiro atoms. The zero-order chi connectivity index (χ0) is 13.8. The van der Waals surface area contributed by atoms with E-state index in [1.54, 1.807) is 0 Å². The van der Waals surface area contributed by atoms with Crippen LogP contribution in [0.5, 0.6) is 0 Å². The van der Waals surface area contributed by atoms with E-state index in [9.17, 15) is 0 Å². The van der Waals surface area contributed by atoms with Gasteiger partial charge in [-0.05, 0) is 31.0 Å². The zero-order valence-corrected chi connectivity index (χ0v) is 11.8. The standard InChI is InChI=1S/C14H16ClN3O2/c15-10-3-1-4-11(7-10)16-9-14-17-13(18-20-14)8-12-5-2-6-19-12/h1,3-4,7,12,16H,2,5-6,8-9H2. The molecule has 6 heteroatoms. The monoisotopic (exact) mass is 293 g/mol. The first-order valence-corrected chi connectivity index (χ1v) is 7.10. The summed E-state index contributed by atoms with van der Waals surface area (Å²) >= 11 is 5.92. The van der Waals surface area contributed by atoms with Gasteiger partial charge in [-0.3, -0.25) is 0 Å².